The molecule has 12 rings (SSSR count). The third-order valence-electron chi connectivity index (χ3n) is 12.0. The predicted molar refractivity (Wildman–Crippen MR) is 233 cm³/mol. The molecular formula is C51H32S2. The summed E-state index contributed by atoms with van der Waals surface area (Å²) in [5, 5.41) is 13.2. The monoisotopic (exact) mass is 708 g/mol. The van der Waals surface area contributed by atoms with E-state index in [2.05, 4.69) is 172 Å². The highest BCUT2D eigenvalue weighted by atomic mass is 32.1. The Hall–Kier alpha value is -5.80. The summed E-state index contributed by atoms with van der Waals surface area (Å²) in [6, 6.07) is 59.7. The van der Waals surface area contributed by atoms with Crippen LogP contribution in [0.4, 0.5) is 0 Å². The summed E-state index contributed by atoms with van der Waals surface area (Å²) in [5.74, 6) is 0. The van der Waals surface area contributed by atoms with E-state index in [1.54, 1.807) is 0 Å². The number of fused-ring (bicyclic) bond motifs is 13. The number of thiophene rings is 2. The zero-order valence-electron chi connectivity index (χ0n) is 29.3. The van der Waals surface area contributed by atoms with E-state index < -0.39 is 0 Å². The van der Waals surface area contributed by atoms with Gasteiger partial charge in [0.25, 0.3) is 0 Å². The molecule has 0 fully saturated rings. The highest BCUT2D eigenvalue weighted by molar-refractivity contribution is 7.26. The summed E-state index contributed by atoms with van der Waals surface area (Å²) in [4.78, 5) is 0. The Morgan fingerprint density at radius 2 is 0.868 bits per heavy atom. The Bertz CT molecular complexity index is 3310. The Morgan fingerprint density at radius 3 is 1.55 bits per heavy atom. The van der Waals surface area contributed by atoms with Crippen LogP contribution < -0.4 is 0 Å². The van der Waals surface area contributed by atoms with Crippen LogP contribution >= 0.6 is 22.7 Å². The first kappa shape index (κ1) is 29.7. The SMILES string of the molecule is CC1(C)c2ccc(-c3c4ccccc4c(-c4ccc5c(c4)sc4ccccc45)c4ccccc34)cc2-c2cc3c(ccc4c5ccccc5sc34)cc21. The van der Waals surface area contributed by atoms with Crippen LogP contribution in [0.15, 0.2) is 158 Å². The van der Waals surface area contributed by atoms with E-state index >= 15 is 0 Å². The van der Waals surface area contributed by atoms with Crippen molar-refractivity contribution in [3.63, 3.8) is 0 Å². The van der Waals surface area contributed by atoms with Gasteiger partial charge in [0, 0.05) is 51.1 Å². The van der Waals surface area contributed by atoms with Gasteiger partial charge in [-0.3, -0.25) is 0 Å². The van der Waals surface area contributed by atoms with Crippen LogP contribution in [0, 0.1) is 0 Å². The molecule has 0 nitrogen and oxygen atoms in total. The molecule has 2 aromatic heterocycles. The molecule has 0 saturated carbocycles. The number of hydrogen-bond donors (Lipinski definition) is 0. The average molecular weight is 709 g/mol. The van der Waals surface area contributed by atoms with E-state index in [0.29, 0.717) is 0 Å². The minimum absolute atomic E-state index is 0.0915. The fourth-order valence-electron chi connectivity index (χ4n) is 9.54. The lowest BCUT2D eigenvalue weighted by Gasteiger charge is -2.22. The molecule has 248 valence electrons. The molecule has 11 aromatic rings. The van der Waals surface area contributed by atoms with Crippen LogP contribution in [0.1, 0.15) is 25.0 Å². The Balaban J connectivity index is 1.10. The van der Waals surface area contributed by atoms with Crippen molar-refractivity contribution in [3.8, 4) is 33.4 Å². The smallest absolute Gasteiger partial charge is 0.0434 e. The molecule has 53 heavy (non-hydrogen) atoms. The Morgan fingerprint density at radius 1 is 0.358 bits per heavy atom. The number of hydrogen-bond acceptors (Lipinski definition) is 2. The van der Waals surface area contributed by atoms with Gasteiger partial charge in [-0.2, -0.15) is 0 Å². The summed E-state index contributed by atoms with van der Waals surface area (Å²) in [6.45, 7) is 4.79. The number of benzene rings is 9. The van der Waals surface area contributed by atoms with Gasteiger partial charge < -0.3 is 0 Å². The normalized spacial score (nSPS) is 13.6. The highest BCUT2D eigenvalue weighted by Gasteiger charge is 2.36. The molecule has 0 aliphatic heterocycles. The van der Waals surface area contributed by atoms with Gasteiger partial charge in [-0.1, -0.05) is 135 Å². The summed E-state index contributed by atoms with van der Waals surface area (Å²) in [5.41, 5.74) is 10.6. The molecule has 9 aromatic carbocycles. The summed E-state index contributed by atoms with van der Waals surface area (Å²) in [6.07, 6.45) is 0. The van der Waals surface area contributed by atoms with Crippen LogP contribution in [0.25, 0.3) is 106 Å². The van der Waals surface area contributed by atoms with Gasteiger partial charge >= 0.3 is 0 Å². The van der Waals surface area contributed by atoms with E-state index in [9.17, 15) is 0 Å². The van der Waals surface area contributed by atoms with Gasteiger partial charge in [0.1, 0.15) is 0 Å². The molecule has 2 heteroatoms. The molecule has 0 bridgehead atoms. The van der Waals surface area contributed by atoms with Crippen LogP contribution in [0.3, 0.4) is 0 Å². The second-order valence-corrected chi connectivity index (χ2v) is 17.3. The van der Waals surface area contributed by atoms with E-state index in [1.807, 2.05) is 22.7 Å². The van der Waals surface area contributed by atoms with Gasteiger partial charge in [0.05, 0.1) is 0 Å². The van der Waals surface area contributed by atoms with E-state index in [4.69, 9.17) is 0 Å². The zero-order chi connectivity index (χ0) is 35.0. The van der Waals surface area contributed by atoms with E-state index in [-0.39, 0.29) is 5.41 Å². The lowest BCUT2D eigenvalue weighted by atomic mass is 9.81. The summed E-state index contributed by atoms with van der Waals surface area (Å²) >= 11 is 3.81. The van der Waals surface area contributed by atoms with Crippen molar-refractivity contribution >= 4 is 95.3 Å². The molecule has 2 heterocycles. The second-order valence-electron chi connectivity index (χ2n) is 15.2. The van der Waals surface area contributed by atoms with Crippen LogP contribution in [-0.2, 0) is 5.41 Å². The van der Waals surface area contributed by atoms with Gasteiger partial charge in [-0.25, -0.2) is 0 Å². The molecule has 0 radical (unpaired) electrons. The number of rotatable bonds is 2. The fraction of sp³-hybridized carbons (Fsp3) is 0.0588. The maximum absolute atomic E-state index is 2.50. The van der Waals surface area contributed by atoms with Gasteiger partial charge in [0.15, 0.2) is 0 Å². The third kappa shape index (κ3) is 4.05. The first-order valence-electron chi connectivity index (χ1n) is 18.4. The van der Waals surface area contributed by atoms with Crippen LogP contribution in [-0.4, -0.2) is 0 Å². The van der Waals surface area contributed by atoms with Gasteiger partial charge in [0.2, 0.25) is 0 Å². The van der Waals surface area contributed by atoms with E-state index in [1.165, 1.54) is 117 Å². The molecule has 0 saturated heterocycles. The minimum atomic E-state index is -0.0915. The lowest BCUT2D eigenvalue weighted by molar-refractivity contribution is 0.661. The van der Waals surface area contributed by atoms with Crippen molar-refractivity contribution in [1.82, 2.24) is 0 Å². The zero-order valence-corrected chi connectivity index (χ0v) is 31.0. The topological polar surface area (TPSA) is 0 Å². The van der Waals surface area contributed by atoms with Gasteiger partial charge in [-0.15, -0.1) is 22.7 Å². The summed E-state index contributed by atoms with van der Waals surface area (Å²) in [7, 11) is 0. The largest absolute Gasteiger partial charge is 0.135 e. The fourth-order valence-corrected chi connectivity index (χ4v) is 11.9. The van der Waals surface area contributed by atoms with Crippen molar-refractivity contribution in [2.75, 3.05) is 0 Å². The van der Waals surface area contributed by atoms with Crippen LogP contribution in [0.5, 0.6) is 0 Å². The lowest BCUT2D eigenvalue weighted by Crippen LogP contribution is -2.14. The van der Waals surface area contributed by atoms with Crippen molar-refractivity contribution in [2.45, 2.75) is 19.3 Å². The molecule has 1 aliphatic carbocycles. The molecular weight excluding hydrogens is 677 g/mol. The minimum Gasteiger partial charge on any atom is -0.135 e. The molecule has 1 aliphatic rings. The maximum Gasteiger partial charge on any atom is 0.0434 e. The van der Waals surface area contributed by atoms with Crippen LogP contribution in [0.2, 0.25) is 0 Å². The van der Waals surface area contributed by atoms with Crippen molar-refractivity contribution in [2.24, 2.45) is 0 Å². The highest BCUT2D eigenvalue weighted by Crippen LogP contribution is 2.53. The molecule has 0 spiro atoms. The molecule has 0 atom stereocenters. The quantitative estimate of drug-likeness (QED) is 0.157. The standard InChI is InChI=1S/C51H32S2/c1-51(2)43-24-21-30(25-41(43)42-28-40-29(26-44(42)51)19-23-39-33-12-8-10-18-46(33)53-50(39)40)48-35-13-3-5-15-37(35)49(38-16-6-4-14-36(38)48)31-20-22-34-32-11-7-9-17-45(32)52-47(34)27-31/h3-28H,1-2H3. The predicted octanol–water partition coefficient (Wildman–Crippen LogP) is 15.5. The van der Waals surface area contributed by atoms with Crippen molar-refractivity contribution < 1.29 is 0 Å². The first-order chi connectivity index (χ1) is 26.0. The van der Waals surface area contributed by atoms with E-state index in [0.717, 1.165) is 0 Å². The average Bonchev–Trinajstić information content (AvgIpc) is 3.83. The summed E-state index contributed by atoms with van der Waals surface area (Å²) < 4.78 is 5.41. The molecule has 0 amide bonds. The Kier molecular flexibility index (Phi) is 5.97. The third-order valence-corrected chi connectivity index (χ3v) is 14.4. The second kappa shape index (κ2) is 10.6. The first-order valence-corrected chi connectivity index (χ1v) is 20.1. The van der Waals surface area contributed by atoms with Gasteiger partial charge in [-0.05, 0) is 108 Å². The Labute approximate surface area is 315 Å². The maximum atomic E-state index is 2.50. The van der Waals surface area contributed by atoms with Crippen molar-refractivity contribution in [3.05, 3.63) is 169 Å². The van der Waals surface area contributed by atoms with Crippen molar-refractivity contribution in [1.29, 1.82) is 0 Å². The molecule has 0 N–H and O–H groups in total. The molecule has 0 unspecified atom stereocenters.